The Morgan fingerprint density at radius 1 is 1.23 bits per heavy atom. The van der Waals surface area contributed by atoms with Gasteiger partial charge in [0.15, 0.2) is 0 Å². The number of nitrogens with zero attached hydrogens (tertiary/aromatic N) is 5. The van der Waals surface area contributed by atoms with E-state index >= 15 is 0 Å². The van der Waals surface area contributed by atoms with Crippen LogP contribution in [0.15, 0.2) is 36.7 Å². The quantitative estimate of drug-likeness (QED) is 0.539. The summed E-state index contributed by atoms with van der Waals surface area (Å²) in [6, 6.07) is 7.55. The molecule has 1 saturated heterocycles. The Bertz CT molecular complexity index is 1290. The standard InChI is InChI=1S/C20H19F2N7O/c1-19(2,18(30)28-9-20(21,22)10-28)29-8-13-16(27-29)12-4-3-11(14-5-6-24-26-14)7-15(12)25-17(13)23/h3-8H,9-10H2,1-2H3,(H2,23,25)(H,24,26). The number of aromatic nitrogens is 5. The molecular formula is C20H19F2N7O. The number of rotatable bonds is 3. The lowest BCUT2D eigenvalue weighted by Crippen LogP contribution is -2.62. The number of halogens is 2. The zero-order valence-corrected chi connectivity index (χ0v) is 16.4. The van der Waals surface area contributed by atoms with Crippen molar-refractivity contribution in [3.05, 3.63) is 36.7 Å². The summed E-state index contributed by atoms with van der Waals surface area (Å²) in [4.78, 5) is 18.4. The maximum atomic E-state index is 13.2. The van der Waals surface area contributed by atoms with Gasteiger partial charge in [0, 0.05) is 23.3 Å². The molecule has 0 unspecified atom stereocenters. The van der Waals surface area contributed by atoms with Crippen molar-refractivity contribution in [2.45, 2.75) is 25.3 Å². The van der Waals surface area contributed by atoms with Crippen LogP contribution in [0.2, 0.25) is 0 Å². The molecule has 0 saturated carbocycles. The van der Waals surface area contributed by atoms with Gasteiger partial charge in [-0.25, -0.2) is 13.8 Å². The van der Waals surface area contributed by atoms with Crippen molar-refractivity contribution in [3.63, 3.8) is 0 Å². The summed E-state index contributed by atoms with van der Waals surface area (Å²) in [7, 11) is 0. The highest BCUT2D eigenvalue weighted by Gasteiger charge is 2.50. The molecule has 10 heteroatoms. The molecule has 4 heterocycles. The summed E-state index contributed by atoms with van der Waals surface area (Å²) in [6.07, 6.45) is 3.31. The summed E-state index contributed by atoms with van der Waals surface area (Å²) < 4.78 is 27.9. The summed E-state index contributed by atoms with van der Waals surface area (Å²) >= 11 is 0. The van der Waals surface area contributed by atoms with Crippen LogP contribution in [0.4, 0.5) is 14.6 Å². The van der Waals surface area contributed by atoms with Gasteiger partial charge in [0.2, 0.25) is 5.91 Å². The normalized spacial score (nSPS) is 16.2. The van der Waals surface area contributed by atoms with E-state index in [4.69, 9.17) is 5.73 Å². The zero-order valence-electron chi connectivity index (χ0n) is 16.4. The number of hydrogen-bond acceptors (Lipinski definition) is 5. The van der Waals surface area contributed by atoms with Crippen LogP contribution in [-0.4, -0.2) is 54.8 Å². The van der Waals surface area contributed by atoms with E-state index in [0.717, 1.165) is 21.5 Å². The Kier molecular flexibility index (Phi) is 3.68. The molecule has 1 fully saturated rings. The highest BCUT2D eigenvalue weighted by atomic mass is 19.3. The van der Waals surface area contributed by atoms with Gasteiger partial charge in [-0.15, -0.1) is 0 Å². The van der Waals surface area contributed by atoms with Crippen molar-refractivity contribution in [2.75, 3.05) is 18.8 Å². The fourth-order valence-electron chi connectivity index (χ4n) is 3.79. The lowest BCUT2D eigenvalue weighted by Gasteiger charge is -2.42. The molecule has 0 atom stereocenters. The number of nitrogens with two attached hydrogens (primary N) is 1. The number of amides is 1. The molecule has 0 aliphatic carbocycles. The van der Waals surface area contributed by atoms with Gasteiger partial charge in [0.1, 0.15) is 16.9 Å². The zero-order chi connectivity index (χ0) is 21.3. The molecular weight excluding hydrogens is 392 g/mol. The second-order valence-electron chi connectivity index (χ2n) is 8.11. The number of hydrogen-bond donors (Lipinski definition) is 2. The van der Waals surface area contributed by atoms with E-state index in [1.54, 1.807) is 26.2 Å². The van der Waals surface area contributed by atoms with Crippen LogP contribution in [0.3, 0.4) is 0 Å². The molecule has 1 aromatic carbocycles. The molecule has 8 nitrogen and oxygen atoms in total. The van der Waals surface area contributed by atoms with Crippen LogP contribution in [0.1, 0.15) is 13.8 Å². The van der Waals surface area contributed by atoms with Crippen molar-refractivity contribution >= 4 is 33.5 Å². The molecule has 30 heavy (non-hydrogen) atoms. The molecule has 1 aliphatic heterocycles. The molecule has 0 bridgehead atoms. The topological polar surface area (TPSA) is 106 Å². The summed E-state index contributed by atoms with van der Waals surface area (Å²) in [5.41, 5.74) is 8.04. The molecule has 3 N–H and O–H groups in total. The van der Waals surface area contributed by atoms with E-state index in [1.807, 2.05) is 24.3 Å². The Morgan fingerprint density at radius 2 is 2.00 bits per heavy atom. The number of anilines is 1. The van der Waals surface area contributed by atoms with Gasteiger partial charge in [-0.3, -0.25) is 14.6 Å². The molecule has 0 radical (unpaired) electrons. The van der Waals surface area contributed by atoms with Crippen LogP contribution in [-0.2, 0) is 10.3 Å². The Morgan fingerprint density at radius 3 is 2.67 bits per heavy atom. The van der Waals surface area contributed by atoms with Crippen LogP contribution < -0.4 is 5.73 Å². The second-order valence-corrected chi connectivity index (χ2v) is 8.11. The first kappa shape index (κ1) is 18.5. The minimum atomic E-state index is -2.82. The molecule has 1 aliphatic rings. The average molecular weight is 411 g/mol. The van der Waals surface area contributed by atoms with Crippen molar-refractivity contribution in [3.8, 4) is 11.3 Å². The predicted octanol–water partition coefficient (Wildman–Crippen LogP) is 2.77. The third kappa shape index (κ3) is 2.71. The van der Waals surface area contributed by atoms with Crippen molar-refractivity contribution in [2.24, 2.45) is 0 Å². The number of carbonyl (C=O) groups excluding carboxylic acids is 1. The van der Waals surface area contributed by atoms with Crippen LogP contribution in [0.25, 0.3) is 33.1 Å². The van der Waals surface area contributed by atoms with Gasteiger partial charge in [0.25, 0.3) is 5.92 Å². The van der Waals surface area contributed by atoms with E-state index in [9.17, 15) is 13.6 Å². The fourth-order valence-corrected chi connectivity index (χ4v) is 3.79. The van der Waals surface area contributed by atoms with Crippen molar-refractivity contribution in [1.82, 2.24) is 29.9 Å². The minimum absolute atomic E-state index is 0.282. The van der Waals surface area contributed by atoms with Crippen molar-refractivity contribution in [1.29, 1.82) is 0 Å². The number of fused-ring (bicyclic) bond motifs is 3. The van der Waals surface area contributed by atoms with E-state index < -0.39 is 30.5 Å². The minimum Gasteiger partial charge on any atom is -0.383 e. The van der Waals surface area contributed by atoms with Crippen LogP contribution in [0.5, 0.6) is 0 Å². The van der Waals surface area contributed by atoms with Crippen LogP contribution >= 0.6 is 0 Å². The van der Waals surface area contributed by atoms with Crippen molar-refractivity contribution < 1.29 is 13.6 Å². The Labute approximate surface area is 169 Å². The smallest absolute Gasteiger partial charge is 0.282 e. The fraction of sp³-hybridized carbons (Fsp3) is 0.300. The van der Waals surface area contributed by atoms with Gasteiger partial charge in [0.05, 0.1) is 29.7 Å². The first-order valence-electron chi connectivity index (χ1n) is 9.42. The molecule has 1 amide bonds. The SMILES string of the molecule is CC(C)(C(=O)N1CC(F)(F)C1)n1cc2c(N)nc3cc(-c4ccn[nH]4)ccc3c2n1. The van der Waals surface area contributed by atoms with Gasteiger partial charge in [-0.1, -0.05) is 6.07 Å². The van der Waals surface area contributed by atoms with Gasteiger partial charge < -0.3 is 10.6 Å². The van der Waals surface area contributed by atoms with E-state index in [0.29, 0.717) is 16.4 Å². The monoisotopic (exact) mass is 411 g/mol. The first-order valence-corrected chi connectivity index (χ1v) is 9.42. The molecule has 154 valence electrons. The molecule has 0 spiro atoms. The number of likely N-dealkylation sites (tertiary alicyclic amines) is 1. The van der Waals surface area contributed by atoms with Gasteiger partial charge in [-0.2, -0.15) is 10.2 Å². The Hall–Kier alpha value is -3.56. The van der Waals surface area contributed by atoms with E-state index in [-0.39, 0.29) is 5.82 Å². The number of carbonyl (C=O) groups is 1. The highest BCUT2D eigenvalue weighted by Crippen LogP contribution is 2.34. The van der Waals surface area contributed by atoms with Crippen LogP contribution in [0, 0.1) is 0 Å². The predicted molar refractivity (Wildman–Crippen MR) is 108 cm³/mol. The third-order valence-corrected chi connectivity index (χ3v) is 5.52. The number of nitrogens with one attached hydrogen (secondary N) is 1. The van der Waals surface area contributed by atoms with Gasteiger partial charge in [-0.05, 0) is 32.0 Å². The molecule has 5 rings (SSSR count). The lowest BCUT2D eigenvalue weighted by atomic mass is 10.00. The lowest BCUT2D eigenvalue weighted by molar-refractivity contribution is -0.173. The maximum absolute atomic E-state index is 13.2. The summed E-state index contributed by atoms with van der Waals surface area (Å²) in [6.45, 7) is 2.16. The summed E-state index contributed by atoms with van der Waals surface area (Å²) in [5, 5.41) is 12.9. The molecule has 3 aromatic heterocycles. The van der Waals surface area contributed by atoms with Gasteiger partial charge >= 0.3 is 0 Å². The number of alkyl halides is 2. The highest BCUT2D eigenvalue weighted by molar-refractivity contribution is 6.08. The molecule has 4 aromatic rings. The largest absolute Gasteiger partial charge is 0.383 e. The maximum Gasteiger partial charge on any atom is 0.282 e. The third-order valence-electron chi connectivity index (χ3n) is 5.52. The first-order chi connectivity index (χ1) is 14.2. The number of pyridine rings is 1. The number of nitrogen functional groups attached to an aromatic ring is 1. The average Bonchev–Trinajstić information content (AvgIpc) is 3.35. The van der Waals surface area contributed by atoms with E-state index in [1.165, 1.54) is 4.68 Å². The number of benzene rings is 1. The number of aromatic amines is 1. The Balaban J connectivity index is 1.59. The number of H-pyrrole nitrogens is 1. The summed E-state index contributed by atoms with van der Waals surface area (Å²) in [5.74, 6) is -2.96. The van der Waals surface area contributed by atoms with E-state index in [2.05, 4.69) is 20.3 Å². The second kappa shape index (κ2) is 5.97.